The van der Waals surface area contributed by atoms with Crippen LogP contribution in [0.15, 0.2) is 137 Å². The van der Waals surface area contributed by atoms with Gasteiger partial charge in [-0.1, -0.05) is 19.9 Å². The Morgan fingerprint density at radius 1 is 0.618 bits per heavy atom. The molecule has 0 saturated carbocycles. The van der Waals surface area contributed by atoms with E-state index in [1.165, 1.54) is 0 Å². The van der Waals surface area contributed by atoms with E-state index in [0.717, 1.165) is 34.2 Å². The smallest absolute Gasteiger partial charge is 0.0430 e. The van der Waals surface area contributed by atoms with Gasteiger partial charge >= 0.3 is 0 Å². The number of pyridine rings is 1. The Bertz CT molecular complexity index is 1040. The quantitative estimate of drug-likeness (QED) is 0.134. The van der Waals surface area contributed by atoms with Crippen LogP contribution in [0.3, 0.4) is 0 Å². The van der Waals surface area contributed by atoms with Gasteiger partial charge in [0.2, 0.25) is 0 Å². The molecule has 0 N–H and O–H groups in total. The fourth-order valence-electron chi connectivity index (χ4n) is 2.86. The predicted molar refractivity (Wildman–Crippen MR) is 136 cm³/mol. The molecule has 0 radical (unpaired) electrons. The van der Waals surface area contributed by atoms with Crippen LogP contribution in [0.4, 0.5) is 11.4 Å². The molecule has 0 fully saturated rings. The van der Waals surface area contributed by atoms with Crippen LogP contribution in [-0.2, 0) is 34.1 Å². The maximum Gasteiger partial charge on any atom is 0.0430 e. The first-order chi connectivity index (χ1) is 15.7. The summed E-state index contributed by atoms with van der Waals surface area (Å²) >= 11 is 0. The van der Waals surface area contributed by atoms with Crippen molar-refractivity contribution < 1.29 is 34.1 Å². The molecule has 1 heterocycles. The van der Waals surface area contributed by atoms with Crippen molar-refractivity contribution in [2.45, 2.75) is 13.8 Å². The molecule has 0 aliphatic carbocycles. The molecule has 1 aromatic heterocycles. The molecule has 0 saturated heterocycles. The average molecular weight is 529 g/mol. The van der Waals surface area contributed by atoms with Gasteiger partial charge in [0.1, 0.15) is 0 Å². The van der Waals surface area contributed by atoms with E-state index in [0.29, 0.717) is 0 Å². The van der Waals surface area contributed by atoms with Crippen molar-refractivity contribution in [3.8, 4) is 0 Å². The molecule has 5 aromatic rings. The zero-order valence-electron chi connectivity index (χ0n) is 19.2. The van der Waals surface area contributed by atoms with E-state index in [1.54, 1.807) is 0 Å². The first-order valence-corrected chi connectivity index (χ1v) is 10.6. The van der Waals surface area contributed by atoms with Crippen molar-refractivity contribution in [1.29, 1.82) is 0 Å². The summed E-state index contributed by atoms with van der Waals surface area (Å²) in [4.78, 5) is 13.8. The van der Waals surface area contributed by atoms with Crippen LogP contribution in [0.25, 0.3) is 0 Å². The van der Waals surface area contributed by atoms with Gasteiger partial charge in [0.25, 0.3) is 0 Å². The number of aromatic nitrogens is 1. The SMILES string of the molecule is CC(=N[c-]1cccc1)c1cccc(C(C)=N[c-]2cccc2)n1.[Fe].[Fe].[cH-]1[cH-][cH-][cH-][cH-]1.c1cc[cH-]c1. The summed E-state index contributed by atoms with van der Waals surface area (Å²) in [5.74, 6) is 0. The summed E-state index contributed by atoms with van der Waals surface area (Å²) in [5, 5.41) is 0. The summed E-state index contributed by atoms with van der Waals surface area (Å²) in [6, 6.07) is 41.8. The third kappa shape index (κ3) is 10.2. The molecule has 0 bridgehead atoms. The number of rotatable bonds is 4. The minimum absolute atomic E-state index is 0. The van der Waals surface area contributed by atoms with Crippen LogP contribution in [0.1, 0.15) is 25.2 Å². The van der Waals surface area contributed by atoms with Crippen molar-refractivity contribution in [2.75, 3.05) is 0 Å². The van der Waals surface area contributed by atoms with Crippen LogP contribution < -0.4 is 0 Å². The molecule has 182 valence electrons. The van der Waals surface area contributed by atoms with Gasteiger partial charge in [0, 0.05) is 45.5 Å². The molecule has 0 aliphatic rings. The first kappa shape index (κ1) is 29.0. The Balaban J connectivity index is 0.000000399. The van der Waals surface area contributed by atoms with Gasteiger partial charge in [-0.3, -0.25) is 4.98 Å². The molecule has 0 amide bonds. The standard InChI is InChI=1S/C19H17N3.2C5H5.2Fe/c1-14(20-16-8-3-4-9-16)18-12-7-13-19(22-18)15(2)21-17-10-5-6-11-17;2*1-2-4-5-3-1;;/h3-13H,1-2H3;2*1-5H;;/q-2;-5;-1;;. The van der Waals surface area contributed by atoms with Gasteiger partial charge < -0.3 is 40.3 Å². The molecule has 0 spiro atoms. The summed E-state index contributed by atoms with van der Waals surface area (Å²) in [6.45, 7) is 3.95. The van der Waals surface area contributed by atoms with E-state index in [-0.39, 0.29) is 34.1 Å². The zero-order chi connectivity index (χ0) is 22.4. The molecule has 0 aliphatic heterocycles. The monoisotopic (exact) mass is 529 g/mol. The van der Waals surface area contributed by atoms with E-state index in [1.807, 2.05) is 141 Å². The second-order valence-corrected chi connectivity index (χ2v) is 7.01. The van der Waals surface area contributed by atoms with Gasteiger partial charge in [0.05, 0.1) is 0 Å². The molecular weight excluding hydrogens is 502 g/mol. The van der Waals surface area contributed by atoms with Crippen molar-refractivity contribution in [3.63, 3.8) is 0 Å². The summed E-state index contributed by atoms with van der Waals surface area (Å²) in [6.07, 6.45) is 0. The molecule has 0 atom stereocenters. The van der Waals surface area contributed by atoms with Crippen LogP contribution in [0.2, 0.25) is 0 Å². The normalized spacial score (nSPS) is 10.5. The second kappa shape index (κ2) is 16.5. The van der Waals surface area contributed by atoms with Gasteiger partial charge in [0.15, 0.2) is 0 Å². The Morgan fingerprint density at radius 3 is 1.32 bits per heavy atom. The van der Waals surface area contributed by atoms with Crippen molar-refractivity contribution in [2.24, 2.45) is 9.98 Å². The fourth-order valence-corrected chi connectivity index (χ4v) is 2.86. The minimum atomic E-state index is 0. The van der Waals surface area contributed by atoms with Gasteiger partial charge in [-0.2, -0.15) is 42.5 Å². The van der Waals surface area contributed by atoms with Crippen LogP contribution in [0.5, 0.6) is 0 Å². The number of nitrogens with zero attached hydrogens (tertiary/aromatic N) is 3. The minimum Gasteiger partial charge on any atom is -0.748 e. The Hall–Kier alpha value is -3.07. The molecule has 0 unspecified atom stereocenters. The molecule has 3 nitrogen and oxygen atoms in total. The van der Waals surface area contributed by atoms with Crippen molar-refractivity contribution in [1.82, 2.24) is 4.98 Å². The Labute approximate surface area is 223 Å². The maximum absolute atomic E-state index is 4.67. The fraction of sp³-hybridized carbons (Fsp3) is 0.0690. The van der Waals surface area contributed by atoms with Crippen molar-refractivity contribution >= 4 is 22.8 Å². The van der Waals surface area contributed by atoms with E-state index in [4.69, 9.17) is 0 Å². The van der Waals surface area contributed by atoms with Crippen LogP contribution in [0, 0.1) is 0 Å². The number of aliphatic imine (C=N–C) groups is 2. The second-order valence-electron chi connectivity index (χ2n) is 7.01. The van der Waals surface area contributed by atoms with E-state index < -0.39 is 0 Å². The van der Waals surface area contributed by atoms with E-state index in [9.17, 15) is 0 Å². The van der Waals surface area contributed by atoms with Gasteiger partial charge in [-0.05, 0) is 34.9 Å². The average Bonchev–Trinajstić information content (AvgIpc) is 3.62. The van der Waals surface area contributed by atoms with Gasteiger partial charge in [-0.15, -0.1) is 24.3 Å². The largest absolute Gasteiger partial charge is 0.748 e. The van der Waals surface area contributed by atoms with Crippen LogP contribution in [-0.4, -0.2) is 16.4 Å². The zero-order valence-corrected chi connectivity index (χ0v) is 21.4. The van der Waals surface area contributed by atoms with Crippen LogP contribution >= 0.6 is 0 Å². The summed E-state index contributed by atoms with van der Waals surface area (Å²) in [5.41, 5.74) is 5.44. The first-order valence-electron chi connectivity index (χ1n) is 10.6. The van der Waals surface area contributed by atoms with Crippen molar-refractivity contribution in [3.05, 3.63) is 139 Å². The van der Waals surface area contributed by atoms with E-state index >= 15 is 0 Å². The summed E-state index contributed by atoms with van der Waals surface area (Å²) in [7, 11) is 0. The predicted octanol–water partition coefficient (Wildman–Crippen LogP) is 7.61. The topological polar surface area (TPSA) is 37.6 Å². The third-order valence-corrected chi connectivity index (χ3v) is 4.49. The summed E-state index contributed by atoms with van der Waals surface area (Å²) < 4.78 is 0. The molecule has 5 rings (SSSR count). The molecule has 4 aromatic carbocycles. The third-order valence-electron chi connectivity index (χ3n) is 4.49. The van der Waals surface area contributed by atoms with E-state index in [2.05, 4.69) is 15.0 Å². The maximum atomic E-state index is 4.67. The number of hydrogen-bond acceptors (Lipinski definition) is 3. The Kier molecular flexibility index (Phi) is 14.1. The number of hydrogen-bond donors (Lipinski definition) is 0. The molecule has 34 heavy (non-hydrogen) atoms. The molecular formula is C29H27Fe2N3-8. The molecule has 5 heteroatoms. The van der Waals surface area contributed by atoms with Gasteiger partial charge in [-0.25, -0.2) is 12.1 Å². The Morgan fingerprint density at radius 2 is 1.00 bits per heavy atom.